The van der Waals surface area contributed by atoms with Gasteiger partial charge in [0.15, 0.2) is 0 Å². The molecule has 1 aromatic heterocycles. The lowest BCUT2D eigenvalue weighted by molar-refractivity contribution is 0.563. The van der Waals surface area contributed by atoms with E-state index in [1.807, 2.05) is 17.7 Å². The lowest BCUT2D eigenvalue weighted by Crippen LogP contribution is -1.87. The van der Waals surface area contributed by atoms with E-state index in [2.05, 4.69) is 6.92 Å². The van der Waals surface area contributed by atoms with Crippen molar-refractivity contribution >= 4 is 17.6 Å². The Morgan fingerprint density at radius 1 is 1.38 bits per heavy atom. The largest absolute Gasteiger partial charge is 0.284 e. The minimum absolute atomic E-state index is 0.788. The monoisotopic (exact) mass is 195 g/mol. The van der Waals surface area contributed by atoms with E-state index in [1.54, 1.807) is 0 Å². The van der Waals surface area contributed by atoms with Crippen LogP contribution in [0.2, 0.25) is 0 Å². The van der Waals surface area contributed by atoms with Crippen LogP contribution in [0.5, 0.6) is 0 Å². The van der Waals surface area contributed by atoms with Gasteiger partial charge in [0.2, 0.25) is 6.29 Å². The molecule has 2 heteroatoms. The molecule has 0 aliphatic heterocycles. The summed E-state index contributed by atoms with van der Waals surface area (Å²) in [6, 6.07) is 2.04. The molecule has 1 heterocycles. The fraction of sp³-hybridized carbons (Fsp3) is 0.545. The molecule has 0 spiro atoms. The molecule has 0 N–H and O–H groups in total. The molecule has 71 valence electrons. The van der Waals surface area contributed by atoms with Crippen molar-refractivity contribution in [3.63, 3.8) is 0 Å². The van der Waals surface area contributed by atoms with Crippen LogP contribution >= 0.6 is 11.3 Å². The van der Waals surface area contributed by atoms with Crippen LogP contribution < -0.4 is 0 Å². The Balaban J connectivity index is 2.31. The highest BCUT2D eigenvalue weighted by Gasteiger charge is 2.02. The van der Waals surface area contributed by atoms with E-state index in [0.717, 1.165) is 11.3 Å². The molecule has 13 heavy (non-hydrogen) atoms. The van der Waals surface area contributed by atoms with Gasteiger partial charge >= 0.3 is 0 Å². The van der Waals surface area contributed by atoms with Gasteiger partial charge in [0.25, 0.3) is 0 Å². The maximum Gasteiger partial charge on any atom is 0.244 e. The standard InChI is InChI=1S/C11H15OS/c1-2-3-4-5-6-10-7-8-13-11(10)9-12/h7-8H,2-6H2,1H3. The van der Waals surface area contributed by atoms with E-state index >= 15 is 0 Å². The molecule has 0 atom stereocenters. The predicted octanol–water partition coefficient (Wildman–Crippen LogP) is 3.33. The Kier molecular flexibility index (Phi) is 4.76. The first-order chi connectivity index (χ1) is 6.38. The normalized spacial score (nSPS) is 10.2. The summed E-state index contributed by atoms with van der Waals surface area (Å²) in [5.74, 6) is 0. The topological polar surface area (TPSA) is 17.1 Å². The SMILES string of the molecule is CCCCCCc1ccsc1[C]=O. The molecule has 0 aliphatic rings. The van der Waals surface area contributed by atoms with Crippen LogP contribution in [0.1, 0.15) is 43.0 Å². The summed E-state index contributed by atoms with van der Waals surface area (Å²) >= 11 is 1.49. The molecule has 0 saturated carbocycles. The van der Waals surface area contributed by atoms with Gasteiger partial charge in [-0.1, -0.05) is 26.2 Å². The van der Waals surface area contributed by atoms with Crippen LogP contribution in [0.3, 0.4) is 0 Å². The number of hydrogen-bond acceptors (Lipinski definition) is 2. The van der Waals surface area contributed by atoms with Gasteiger partial charge in [0.05, 0.1) is 4.88 Å². The lowest BCUT2D eigenvalue weighted by Gasteiger charge is -1.98. The number of thiophene rings is 1. The molecule has 1 rings (SSSR count). The maximum absolute atomic E-state index is 10.5. The van der Waals surface area contributed by atoms with Crippen molar-refractivity contribution in [2.24, 2.45) is 0 Å². The van der Waals surface area contributed by atoms with Gasteiger partial charge in [-0.2, -0.15) is 0 Å². The molecule has 0 fully saturated rings. The molecule has 0 aromatic carbocycles. The molecule has 1 nitrogen and oxygen atoms in total. The summed E-state index contributed by atoms with van der Waals surface area (Å²) in [5, 5.41) is 1.97. The zero-order valence-electron chi connectivity index (χ0n) is 8.01. The second-order valence-corrected chi connectivity index (χ2v) is 4.10. The number of hydrogen-bond donors (Lipinski definition) is 0. The maximum atomic E-state index is 10.5. The van der Waals surface area contributed by atoms with Gasteiger partial charge in [-0.15, -0.1) is 11.3 Å². The summed E-state index contributed by atoms with van der Waals surface area (Å²) in [6.07, 6.45) is 8.04. The van der Waals surface area contributed by atoms with Crippen LogP contribution in [0.25, 0.3) is 0 Å². The van der Waals surface area contributed by atoms with Crippen molar-refractivity contribution in [2.75, 3.05) is 0 Å². The van der Waals surface area contributed by atoms with Crippen molar-refractivity contribution in [1.29, 1.82) is 0 Å². The molecule has 0 amide bonds. The number of aryl methyl sites for hydroxylation is 1. The molecule has 0 aliphatic carbocycles. The molecule has 0 unspecified atom stereocenters. The van der Waals surface area contributed by atoms with E-state index in [9.17, 15) is 4.79 Å². The average Bonchev–Trinajstić information content (AvgIpc) is 2.60. The summed E-state index contributed by atoms with van der Waals surface area (Å²) < 4.78 is 0. The molecule has 1 aromatic rings. The first-order valence-corrected chi connectivity index (χ1v) is 5.71. The Morgan fingerprint density at radius 3 is 2.92 bits per heavy atom. The van der Waals surface area contributed by atoms with Crippen molar-refractivity contribution in [3.8, 4) is 0 Å². The summed E-state index contributed by atoms with van der Waals surface area (Å²) in [4.78, 5) is 11.3. The minimum Gasteiger partial charge on any atom is -0.284 e. The zero-order valence-corrected chi connectivity index (χ0v) is 8.82. The van der Waals surface area contributed by atoms with Gasteiger partial charge in [-0.3, -0.25) is 4.79 Å². The molecular formula is C11H15OS. The van der Waals surface area contributed by atoms with Gasteiger partial charge < -0.3 is 0 Å². The third-order valence-electron chi connectivity index (χ3n) is 2.14. The molecular weight excluding hydrogens is 180 g/mol. The van der Waals surface area contributed by atoms with Crippen molar-refractivity contribution in [3.05, 3.63) is 21.9 Å². The molecule has 0 bridgehead atoms. The Hall–Kier alpha value is -0.630. The Bertz CT molecular complexity index is 252. The lowest BCUT2D eigenvalue weighted by atomic mass is 10.1. The summed E-state index contributed by atoms with van der Waals surface area (Å²) in [6.45, 7) is 2.20. The molecule has 1 radical (unpaired) electrons. The average molecular weight is 195 g/mol. The van der Waals surface area contributed by atoms with E-state index in [4.69, 9.17) is 0 Å². The highest BCUT2D eigenvalue weighted by Crippen LogP contribution is 2.17. The number of rotatable bonds is 6. The minimum atomic E-state index is 0.788. The summed E-state index contributed by atoms with van der Waals surface area (Å²) in [5.41, 5.74) is 1.18. The van der Waals surface area contributed by atoms with Crippen molar-refractivity contribution in [2.45, 2.75) is 39.0 Å². The number of carbonyl (C=O) groups excluding carboxylic acids is 1. The fourth-order valence-corrected chi connectivity index (χ4v) is 2.10. The Labute approximate surface area is 83.8 Å². The fourth-order valence-electron chi connectivity index (χ4n) is 1.36. The van der Waals surface area contributed by atoms with Crippen LogP contribution in [0.4, 0.5) is 0 Å². The van der Waals surface area contributed by atoms with Crippen LogP contribution in [-0.4, -0.2) is 6.29 Å². The highest BCUT2D eigenvalue weighted by atomic mass is 32.1. The van der Waals surface area contributed by atoms with Crippen molar-refractivity contribution in [1.82, 2.24) is 0 Å². The van der Waals surface area contributed by atoms with Crippen LogP contribution in [0.15, 0.2) is 11.4 Å². The van der Waals surface area contributed by atoms with Gasteiger partial charge in [-0.25, -0.2) is 0 Å². The third kappa shape index (κ3) is 3.31. The first kappa shape index (κ1) is 10.5. The number of unbranched alkanes of at least 4 members (excludes halogenated alkanes) is 3. The highest BCUT2D eigenvalue weighted by molar-refractivity contribution is 7.11. The van der Waals surface area contributed by atoms with Crippen LogP contribution in [-0.2, 0) is 11.2 Å². The summed E-state index contributed by atoms with van der Waals surface area (Å²) in [7, 11) is 0. The smallest absolute Gasteiger partial charge is 0.244 e. The zero-order chi connectivity index (χ0) is 9.52. The molecule has 0 saturated heterocycles. The van der Waals surface area contributed by atoms with Crippen LogP contribution in [0, 0.1) is 0 Å². The van der Waals surface area contributed by atoms with E-state index in [-0.39, 0.29) is 0 Å². The van der Waals surface area contributed by atoms with E-state index in [1.165, 1.54) is 42.6 Å². The second-order valence-electron chi connectivity index (χ2n) is 3.19. The van der Waals surface area contributed by atoms with Gasteiger partial charge in [0, 0.05) is 0 Å². The van der Waals surface area contributed by atoms with Crippen molar-refractivity contribution < 1.29 is 4.79 Å². The second kappa shape index (κ2) is 5.92. The van der Waals surface area contributed by atoms with E-state index < -0.39 is 0 Å². The van der Waals surface area contributed by atoms with Gasteiger partial charge in [0.1, 0.15) is 0 Å². The predicted molar refractivity (Wildman–Crippen MR) is 57.0 cm³/mol. The quantitative estimate of drug-likeness (QED) is 0.636. The van der Waals surface area contributed by atoms with E-state index in [0.29, 0.717) is 0 Å². The van der Waals surface area contributed by atoms with Gasteiger partial charge in [-0.05, 0) is 29.9 Å². The third-order valence-corrected chi connectivity index (χ3v) is 2.99. The Morgan fingerprint density at radius 2 is 2.23 bits per heavy atom. The first-order valence-electron chi connectivity index (χ1n) is 4.83.